The summed E-state index contributed by atoms with van der Waals surface area (Å²) in [6.45, 7) is 3.65. The number of unbranched alkanes of at least 4 members (excludes halogenated alkanes) is 3. The molecule has 0 radical (unpaired) electrons. The summed E-state index contributed by atoms with van der Waals surface area (Å²) in [6, 6.07) is 1.71. The Bertz CT molecular complexity index is 273. The second kappa shape index (κ2) is 6.19. The van der Waals surface area contributed by atoms with E-state index >= 15 is 0 Å². The molecule has 2 nitrogen and oxygen atoms in total. The van der Waals surface area contributed by atoms with Gasteiger partial charge in [0.25, 0.3) is 0 Å². The van der Waals surface area contributed by atoms with E-state index in [2.05, 4.69) is 6.58 Å². The van der Waals surface area contributed by atoms with Crippen molar-refractivity contribution in [3.8, 4) is 0 Å². The number of Topliss-reactive ketones (excluding diaryl/α,β-unsaturated/α-hetero) is 1. The quantitative estimate of drug-likeness (QED) is 0.375. The summed E-state index contributed by atoms with van der Waals surface area (Å²) in [4.78, 5) is 11.5. The fraction of sp³-hybridized carbons (Fsp3) is 0.417. The third-order valence-electron chi connectivity index (χ3n) is 2.16. The largest absolute Gasteiger partial charge is 0.472 e. The second-order valence-corrected chi connectivity index (χ2v) is 3.32. The van der Waals surface area contributed by atoms with Crippen molar-refractivity contribution in [2.45, 2.75) is 32.1 Å². The van der Waals surface area contributed by atoms with Crippen molar-refractivity contribution < 1.29 is 9.21 Å². The molecule has 1 rings (SSSR count). The Morgan fingerprint density at radius 2 is 2.29 bits per heavy atom. The lowest BCUT2D eigenvalue weighted by Gasteiger charge is -1.97. The summed E-state index contributed by atoms with van der Waals surface area (Å²) in [5.74, 6) is 0.178. The van der Waals surface area contributed by atoms with E-state index in [1.165, 1.54) is 12.5 Å². The zero-order valence-electron chi connectivity index (χ0n) is 8.37. The lowest BCUT2D eigenvalue weighted by molar-refractivity contribution is 0.0978. The Kier molecular flexibility index (Phi) is 4.76. The normalized spacial score (nSPS) is 10.0. The molecule has 0 aliphatic heterocycles. The molecule has 0 unspecified atom stereocenters. The zero-order chi connectivity index (χ0) is 10.2. The smallest absolute Gasteiger partial charge is 0.166 e. The maximum absolute atomic E-state index is 11.5. The zero-order valence-corrected chi connectivity index (χ0v) is 8.37. The number of allylic oxidation sites excluding steroid dienone is 1. The van der Waals surface area contributed by atoms with Gasteiger partial charge in [-0.15, -0.1) is 6.58 Å². The highest BCUT2D eigenvalue weighted by Crippen LogP contribution is 2.09. The fourth-order valence-corrected chi connectivity index (χ4v) is 1.32. The first-order valence-corrected chi connectivity index (χ1v) is 5.01. The van der Waals surface area contributed by atoms with Gasteiger partial charge in [-0.2, -0.15) is 0 Å². The lowest BCUT2D eigenvalue weighted by atomic mass is 10.1. The van der Waals surface area contributed by atoms with E-state index in [1.807, 2.05) is 6.08 Å². The number of rotatable bonds is 7. The van der Waals surface area contributed by atoms with Crippen molar-refractivity contribution in [1.82, 2.24) is 0 Å². The van der Waals surface area contributed by atoms with Crippen LogP contribution in [0.2, 0.25) is 0 Å². The number of carbonyl (C=O) groups excluding carboxylic acids is 1. The van der Waals surface area contributed by atoms with Crippen LogP contribution in [0.3, 0.4) is 0 Å². The minimum atomic E-state index is 0.178. The van der Waals surface area contributed by atoms with Crippen molar-refractivity contribution >= 4 is 5.78 Å². The third kappa shape index (κ3) is 3.60. The maximum atomic E-state index is 11.5. The summed E-state index contributed by atoms with van der Waals surface area (Å²) in [5, 5.41) is 0. The maximum Gasteiger partial charge on any atom is 0.166 e. The van der Waals surface area contributed by atoms with Gasteiger partial charge in [-0.05, 0) is 25.3 Å². The standard InChI is InChI=1S/C12H16O2/c1-2-3-4-5-6-7-12(13)11-8-9-14-10-11/h2,8-10H,1,3-7H2. The van der Waals surface area contributed by atoms with E-state index in [4.69, 9.17) is 4.42 Å². The number of hydrogen-bond donors (Lipinski definition) is 0. The molecule has 1 heterocycles. The minimum Gasteiger partial charge on any atom is -0.472 e. The van der Waals surface area contributed by atoms with Gasteiger partial charge in [0, 0.05) is 6.42 Å². The van der Waals surface area contributed by atoms with Crippen molar-refractivity contribution in [2.24, 2.45) is 0 Å². The average Bonchev–Trinajstić information content (AvgIpc) is 2.70. The van der Waals surface area contributed by atoms with Crippen LogP contribution in [0.4, 0.5) is 0 Å². The molecule has 0 fully saturated rings. The predicted molar refractivity (Wildman–Crippen MR) is 56.3 cm³/mol. The number of carbonyl (C=O) groups is 1. The van der Waals surface area contributed by atoms with E-state index in [0.717, 1.165) is 25.7 Å². The molecule has 0 saturated heterocycles. The van der Waals surface area contributed by atoms with Crippen molar-refractivity contribution in [1.29, 1.82) is 0 Å². The highest BCUT2D eigenvalue weighted by molar-refractivity contribution is 5.95. The first-order valence-electron chi connectivity index (χ1n) is 5.01. The molecule has 76 valence electrons. The average molecular weight is 192 g/mol. The Morgan fingerprint density at radius 1 is 1.43 bits per heavy atom. The van der Waals surface area contributed by atoms with Gasteiger partial charge in [-0.25, -0.2) is 0 Å². The Balaban J connectivity index is 2.13. The van der Waals surface area contributed by atoms with Gasteiger partial charge in [-0.1, -0.05) is 12.5 Å². The molecule has 0 N–H and O–H groups in total. The van der Waals surface area contributed by atoms with E-state index in [1.54, 1.807) is 6.07 Å². The fourth-order valence-electron chi connectivity index (χ4n) is 1.32. The minimum absolute atomic E-state index is 0.178. The Morgan fingerprint density at radius 3 is 2.93 bits per heavy atom. The first kappa shape index (κ1) is 10.8. The summed E-state index contributed by atoms with van der Waals surface area (Å²) in [5.41, 5.74) is 0.689. The van der Waals surface area contributed by atoms with Crippen LogP contribution < -0.4 is 0 Å². The number of ketones is 1. The number of furan rings is 1. The van der Waals surface area contributed by atoms with Crippen molar-refractivity contribution in [3.63, 3.8) is 0 Å². The van der Waals surface area contributed by atoms with Crippen LogP contribution in [-0.4, -0.2) is 5.78 Å². The Labute approximate surface area is 84.6 Å². The van der Waals surface area contributed by atoms with Gasteiger partial charge in [0.1, 0.15) is 6.26 Å². The second-order valence-electron chi connectivity index (χ2n) is 3.32. The SMILES string of the molecule is C=CCCCCCC(=O)c1ccoc1. The van der Waals surface area contributed by atoms with Gasteiger partial charge in [0.05, 0.1) is 11.8 Å². The van der Waals surface area contributed by atoms with Gasteiger partial charge >= 0.3 is 0 Å². The topological polar surface area (TPSA) is 30.2 Å². The summed E-state index contributed by atoms with van der Waals surface area (Å²) < 4.78 is 4.85. The van der Waals surface area contributed by atoms with Gasteiger partial charge < -0.3 is 4.42 Å². The van der Waals surface area contributed by atoms with Crippen LogP contribution in [0.15, 0.2) is 35.7 Å². The molecule has 0 aliphatic rings. The molecule has 0 atom stereocenters. The Hall–Kier alpha value is -1.31. The molecular weight excluding hydrogens is 176 g/mol. The van der Waals surface area contributed by atoms with E-state index in [9.17, 15) is 4.79 Å². The van der Waals surface area contributed by atoms with Crippen molar-refractivity contribution in [3.05, 3.63) is 36.8 Å². The highest BCUT2D eigenvalue weighted by atomic mass is 16.3. The molecule has 2 heteroatoms. The van der Waals surface area contributed by atoms with Crippen molar-refractivity contribution in [2.75, 3.05) is 0 Å². The molecule has 0 aromatic carbocycles. The van der Waals surface area contributed by atoms with Crippen LogP contribution in [0, 0.1) is 0 Å². The van der Waals surface area contributed by atoms with Crippen LogP contribution in [0.25, 0.3) is 0 Å². The van der Waals surface area contributed by atoms with Crippen LogP contribution in [-0.2, 0) is 0 Å². The summed E-state index contributed by atoms with van der Waals surface area (Å²) in [6.07, 6.45) is 9.79. The van der Waals surface area contributed by atoms with E-state index in [-0.39, 0.29) is 5.78 Å². The highest BCUT2D eigenvalue weighted by Gasteiger charge is 2.05. The predicted octanol–water partition coefficient (Wildman–Crippen LogP) is 3.60. The van der Waals surface area contributed by atoms with E-state index in [0.29, 0.717) is 12.0 Å². The molecule has 0 bridgehead atoms. The van der Waals surface area contributed by atoms with Crippen LogP contribution >= 0.6 is 0 Å². The summed E-state index contributed by atoms with van der Waals surface area (Å²) in [7, 11) is 0. The molecule has 0 saturated carbocycles. The van der Waals surface area contributed by atoms with Crippen LogP contribution in [0.5, 0.6) is 0 Å². The molecule has 0 aliphatic carbocycles. The monoisotopic (exact) mass is 192 g/mol. The van der Waals surface area contributed by atoms with Crippen LogP contribution in [0.1, 0.15) is 42.5 Å². The molecule has 14 heavy (non-hydrogen) atoms. The third-order valence-corrected chi connectivity index (χ3v) is 2.16. The molecule has 1 aromatic heterocycles. The van der Waals surface area contributed by atoms with Gasteiger partial charge in [0.15, 0.2) is 5.78 Å². The van der Waals surface area contributed by atoms with E-state index < -0.39 is 0 Å². The van der Waals surface area contributed by atoms with Gasteiger partial charge in [0.2, 0.25) is 0 Å². The van der Waals surface area contributed by atoms with Gasteiger partial charge in [-0.3, -0.25) is 4.79 Å². The molecule has 0 spiro atoms. The number of hydrogen-bond acceptors (Lipinski definition) is 2. The molecular formula is C12H16O2. The summed E-state index contributed by atoms with van der Waals surface area (Å²) >= 11 is 0. The first-order chi connectivity index (χ1) is 6.84. The lowest BCUT2D eigenvalue weighted by Crippen LogP contribution is -1.96. The molecule has 0 amide bonds. The molecule has 1 aromatic rings.